The van der Waals surface area contributed by atoms with Gasteiger partial charge in [0.05, 0.1) is 0 Å². The third kappa shape index (κ3) is 6.89. The molecule has 40 heavy (non-hydrogen) atoms. The van der Waals surface area contributed by atoms with Crippen LogP contribution in [0.2, 0.25) is 25.7 Å². The van der Waals surface area contributed by atoms with Gasteiger partial charge in [0.2, 0.25) is 5.91 Å². The summed E-state index contributed by atoms with van der Waals surface area (Å²) in [6, 6.07) is 17.3. The van der Waals surface area contributed by atoms with Crippen molar-refractivity contribution in [1.29, 1.82) is 0 Å². The van der Waals surface area contributed by atoms with Gasteiger partial charge in [-0.1, -0.05) is 62.1 Å². The highest BCUT2D eigenvalue weighted by atomic mass is 28.3. The van der Waals surface area contributed by atoms with Crippen LogP contribution in [0.15, 0.2) is 48.5 Å². The zero-order valence-corrected chi connectivity index (χ0v) is 25.0. The van der Waals surface area contributed by atoms with Crippen LogP contribution in [0.1, 0.15) is 46.3 Å². The van der Waals surface area contributed by atoms with Crippen LogP contribution in [-0.2, 0) is 34.0 Å². The van der Waals surface area contributed by atoms with Crippen LogP contribution in [0.4, 0.5) is 0 Å². The second-order valence-corrected chi connectivity index (χ2v) is 18.2. The molecule has 0 spiro atoms. The van der Waals surface area contributed by atoms with Crippen LogP contribution in [0.5, 0.6) is 0 Å². The fourth-order valence-electron chi connectivity index (χ4n) is 5.79. The number of nitrogens with zero attached hydrogens (tertiary/aromatic N) is 3. The summed E-state index contributed by atoms with van der Waals surface area (Å²) in [7, 11) is -1.27. The Morgan fingerprint density at radius 2 is 1.80 bits per heavy atom. The van der Waals surface area contributed by atoms with Gasteiger partial charge in [0, 0.05) is 65.4 Å². The smallest absolute Gasteiger partial charge is 0.255 e. The standard InChI is InChI=1S/C31H42N4O4Si/c1-40(2,3)16-15-39-22-35-29(36)12-11-28(31(35)38)34-20-25-17-24(9-10-27(25)30(34)37)18-32-26-13-14-33(21-26)19-23-7-5-4-6-8-23/h4-10,17,26,28,32H,11-16,18-22H2,1-3H3/t26-,28?/m0/s1. The van der Waals surface area contributed by atoms with E-state index in [0.29, 0.717) is 31.2 Å². The number of rotatable bonds is 11. The molecule has 2 aromatic carbocycles. The minimum Gasteiger partial charge on any atom is -0.361 e. The highest BCUT2D eigenvalue weighted by Crippen LogP contribution is 2.30. The largest absolute Gasteiger partial charge is 0.361 e. The molecule has 3 aliphatic heterocycles. The monoisotopic (exact) mass is 562 g/mol. The average molecular weight is 563 g/mol. The van der Waals surface area contributed by atoms with Gasteiger partial charge in [-0.2, -0.15) is 0 Å². The van der Waals surface area contributed by atoms with Gasteiger partial charge < -0.3 is 15.0 Å². The fourth-order valence-corrected chi connectivity index (χ4v) is 6.54. The molecule has 1 unspecified atom stereocenters. The number of likely N-dealkylation sites (tertiary alicyclic amines) is 2. The number of fused-ring (bicyclic) bond motifs is 1. The first-order valence-corrected chi connectivity index (χ1v) is 18.2. The summed E-state index contributed by atoms with van der Waals surface area (Å²) in [5, 5.41) is 3.69. The van der Waals surface area contributed by atoms with Crippen LogP contribution in [-0.4, -0.2) is 79.0 Å². The third-order valence-corrected chi connectivity index (χ3v) is 9.90. The van der Waals surface area contributed by atoms with Crippen molar-refractivity contribution in [2.24, 2.45) is 0 Å². The van der Waals surface area contributed by atoms with Crippen molar-refractivity contribution in [3.63, 3.8) is 0 Å². The van der Waals surface area contributed by atoms with Crippen LogP contribution in [0.3, 0.4) is 0 Å². The van der Waals surface area contributed by atoms with E-state index in [2.05, 4.69) is 66.3 Å². The predicted octanol–water partition coefficient (Wildman–Crippen LogP) is 3.84. The van der Waals surface area contributed by atoms with E-state index < -0.39 is 14.1 Å². The maximum Gasteiger partial charge on any atom is 0.255 e. The SMILES string of the molecule is C[Si](C)(C)CCOCN1C(=O)CCC(N2Cc3cc(CN[C@H]4CCN(Cc5ccccc5)C4)ccc3C2=O)C1=O. The molecular weight excluding hydrogens is 520 g/mol. The number of nitrogens with one attached hydrogen (secondary N) is 1. The van der Waals surface area contributed by atoms with Crippen molar-refractivity contribution in [2.75, 3.05) is 26.4 Å². The van der Waals surface area contributed by atoms with E-state index in [1.165, 1.54) is 10.5 Å². The van der Waals surface area contributed by atoms with Gasteiger partial charge in [-0.25, -0.2) is 0 Å². The van der Waals surface area contributed by atoms with Gasteiger partial charge in [-0.3, -0.25) is 24.2 Å². The second kappa shape index (κ2) is 12.3. The van der Waals surface area contributed by atoms with Gasteiger partial charge >= 0.3 is 0 Å². The van der Waals surface area contributed by atoms with Gasteiger partial charge in [0.15, 0.2) is 0 Å². The number of benzene rings is 2. The topological polar surface area (TPSA) is 82.2 Å². The molecule has 2 atom stereocenters. The summed E-state index contributed by atoms with van der Waals surface area (Å²) in [5.74, 6) is -0.677. The molecular formula is C31H42N4O4Si. The number of ether oxygens (including phenoxy) is 1. The zero-order chi connectivity index (χ0) is 28.3. The van der Waals surface area contributed by atoms with E-state index in [0.717, 1.165) is 49.8 Å². The number of hydrogen-bond acceptors (Lipinski definition) is 6. The summed E-state index contributed by atoms with van der Waals surface area (Å²) in [6.45, 7) is 11.5. The molecule has 9 heteroatoms. The lowest BCUT2D eigenvalue weighted by molar-refractivity contribution is -0.158. The first-order chi connectivity index (χ1) is 19.2. The molecule has 0 bridgehead atoms. The Bertz CT molecular complexity index is 1230. The molecule has 0 radical (unpaired) electrons. The van der Waals surface area contributed by atoms with E-state index >= 15 is 0 Å². The Hall–Kier alpha value is -2.85. The minimum absolute atomic E-state index is 0.0343. The van der Waals surface area contributed by atoms with Crippen LogP contribution in [0, 0.1) is 0 Å². The number of carbonyl (C=O) groups is 3. The van der Waals surface area contributed by atoms with Crippen LogP contribution >= 0.6 is 0 Å². The summed E-state index contributed by atoms with van der Waals surface area (Å²) < 4.78 is 5.72. The van der Waals surface area contributed by atoms with Crippen molar-refractivity contribution < 1.29 is 19.1 Å². The number of hydrogen-bond donors (Lipinski definition) is 1. The summed E-state index contributed by atoms with van der Waals surface area (Å²) in [4.78, 5) is 44.4. The van der Waals surface area contributed by atoms with Gasteiger partial charge in [0.25, 0.3) is 11.8 Å². The molecule has 2 fully saturated rings. The van der Waals surface area contributed by atoms with E-state index in [4.69, 9.17) is 4.74 Å². The van der Waals surface area contributed by atoms with E-state index in [1.807, 2.05) is 12.1 Å². The Labute approximate surface area is 238 Å². The lowest BCUT2D eigenvalue weighted by Crippen LogP contribution is -2.55. The lowest BCUT2D eigenvalue weighted by Gasteiger charge is -2.35. The van der Waals surface area contributed by atoms with Crippen LogP contribution < -0.4 is 5.32 Å². The lowest BCUT2D eigenvalue weighted by atomic mass is 10.0. The molecule has 1 N–H and O–H groups in total. The summed E-state index contributed by atoms with van der Waals surface area (Å²) in [6.07, 6.45) is 1.72. The molecule has 5 rings (SSSR count). The molecule has 0 aromatic heterocycles. The molecule has 2 saturated heterocycles. The molecule has 0 aliphatic carbocycles. The number of carbonyl (C=O) groups excluding carboxylic acids is 3. The van der Waals surface area contributed by atoms with Crippen LogP contribution in [0.25, 0.3) is 0 Å². The molecule has 2 aromatic rings. The highest BCUT2D eigenvalue weighted by Gasteiger charge is 2.42. The number of imide groups is 1. The van der Waals surface area contributed by atoms with Crippen molar-refractivity contribution in [3.05, 3.63) is 70.8 Å². The quantitative estimate of drug-likeness (QED) is 0.255. The van der Waals surface area contributed by atoms with Crippen molar-refractivity contribution >= 4 is 25.8 Å². The Kier molecular flexibility index (Phi) is 8.85. The molecule has 0 saturated carbocycles. The Morgan fingerprint density at radius 1 is 1.00 bits per heavy atom. The maximum absolute atomic E-state index is 13.3. The number of amides is 3. The molecule has 3 heterocycles. The summed E-state index contributed by atoms with van der Waals surface area (Å²) in [5.41, 5.74) is 4.08. The van der Waals surface area contributed by atoms with E-state index in [9.17, 15) is 14.4 Å². The molecule has 8 nitrogen and oxygen atoms in total. The molecule has 3 aliphatic rings. The Balaban J connectivity index is 1.14. The van der Waals surface area contributed by atoms with E-state index in [-0.39, 0.29) is 30.9 Å². The second-order valence-electron chi connectivity index (χ2n) is 12.6. The fraction of sp³-hybridized carbons (Fsp3) is 0.516. The summed E-state index contributed by atoms with van der Waals surface area (Å²) >= 11 is 0. The van der Waals surface area contributed by atoms with Crippen molar-refractivity contribution in [2.45, 2.75) is 76.7 Å². The van der Waals surface area contributed by atoms with Crippen molar-refractivity contribution in [3.8, 4) is 0 Å². The maximum atomic E-state index is 13.3. The molecule has 3 amide bonds. The van der Waals surface area contributed by atoms with Gasteiger partial charge in [0.1, 0.15) is 12.8 Å². The highest BCUT2D eigenvalue weighted by molar-refractivity contribution is 6.76. The predicted molar refractivity (Wildman–Crippen MR) is 157 cm³/mol. The number of piperidine rings is 1. The molecule has 214 valence electrons. The van der Waals surface area contributed by atoms with Gasteiger partial charge in [-0.15, -0.1) is 0 Å². The van der Waals surface area contributed by atoms with E-state index in [1.54, 1.807) is 4.90 Å². The minimum atomic E-state index is -1.27. The average Bonchev–Trinajstić information content (AvgIpc) is 3.50. The van der Waals surface area contributed by atoms with Crippen molar-refractivity contribution in [1.82, 2.24) is 20.0 Å². The third-order valence-electron chi connectivity index (χ3n) is 8.19. The van der Waals surface area contributed by atoms with Gasteiger partial charge in [-0.05, 0) is 41.6 Å². The zero-order valence-electron chi connectivity index (χ0n) is 24.0. The normalized spacial score (nSPS) is 21.9. The first-order valence-electron chi connectivity index (χ1n) is 14.5. The first kappa shape index (κ1) is 28.7. The Morgan fingerprint density at radius 3 is 2.58 bits per heavy atom.